The van der Waals surface area contributed by atoms with Gasteiger partial charge in [0, 0.05) is 26.5 Å². The van der Waals surface area contributed by atoms with Crippen molar-refractivity contribution in [3.05, 3.63) is 47.8 Å². The molecule has 1 aromatic heterocycles. The molecule has 0 spiro atoms. The standard InChI is InChI=1S/C19H24N4O2/c1-23(2)18-20-12-14(13-21-18)17(24)22-19(9-4-5-10-19)15-7-6-8-16(11-15)25-3/h6-8,11-13H,4-5,9-10H2,1-3H3,(H,22,24). The number of carbonyl (C=O) groups excluding carboxylic acids is 1. The molecule has 25 heavy (non-hydrogen) atoms. The average Bonchev–Trinajstić information content (AvgIpc) is 3.11. The molecule has 1 aliphatic rings. The first-order valence-corrected chi connectivity index (χ1v) is 8.50. The van der Waals surface area contributed by atoms with Crippen molar-refractivity contribution in [3.63, 3.8) is 0 Å². The molecule has 0 unspecified atom stereocenters. The summed E-state index contributed by atoms with van der Waals surface area (Å²) in [4.78, 5) is 23.0. The average molecular weight is 340 g/mol. The molecule has 0 radical (unpaired) electrons. The SMILES string of the molecule is COc1cccc(C2(NC(=O)c3cnc(N(C)C)nc3)CCCC2)c1. The largest absolute Gasteiger partial charge is 0.497 e. The minimum atomic E-state index is -0.355. The van der Waals surface area contributed by atoms with E-state index in [2.05, 4.69) is 21.4 Å². The monoisotopic (exact) mass is 340 g/mol. The van der Waals surface area contributed by atoms with Crippen molar-refractivity contribution < 1.29 is 9.53 Å². The Morgan fingerprint density at radius 3 is 2.48 bits per heavy atom. The fourth-order valence-electron chi connectivity index (χ4n) is 3.34. The van der Waals surface area contributed by atoms with Gasteiger partial charge in [0.1, 0.15) is 5.75 Å². The van der Waals surface area contributed by atoms with Crippen molar-refractivity contribution in [1.82, 2.24) is 15.3 Å². The summed E-state index contributed by atoms with van der Waals surface area (Å²) in [6, 6.07) is 7.95. The maximum atomic E-state index is 12.8. The number of nitrogens with one attached hydrogen (secondary N) is 1. The van der Waals surface area contributed by atoms with E-state index in [1.54, 1.807) is 24.4 Å². The number of ether oxygens (including phenoxy) is 1. The topological polar surface area (TPSA) is 67.3 Å². The van der Waals surface area contributed by atoms with Crippen LogP contribution < -0.4 is 15.0 Å². The number of nitrogens with zero attached hydrogens (tertiary/aromatic N) is 3. The van der Waals surface area contributed by atoms with Gasteiger partial charge in [-0.05, 0) is 30.5 Å². The summed E-state index contributed by atoms with van der Waals surface area (Å²) in [5.74, 6) is 1.24. The lowest BCUT2D eigenvalue weighted by Gasteiger charge is -2.31. The summed E-state index contributed by atoms with van der Waals surface area (Å²) in [7, 11) is 5.39. The van der Waals surface area contributed by atoms with Crippen molar-refractivity contribution in [1.29, 1.82) is 0 Å². The first-order chi connectivity index (χ1) is 12.0. The summed E-state index contributed by atoms with van der Waals surface area (Å²) in [5.41, 5.74) is 1.20. The van der Waals surface area contributed by atoms with Gasteiger partial charge < -0.3 is 15.0 Å². The predicted octanol–water partition coefficient (Wildman–Crippen LogP) is 2.75. The van der Waals surface area contributed by atoms with Gasteiger partial charge in [-0.25, -0.2) is 9.97 Å². The number of aromatic nitrogens is 2. The lowest BCUT2D eigenvalue weighted by atomic mass is 9.87. The van der Waals surface area contributed by atoms with Crippen LogP contribution in [0.5, 0.6) is 5.75 Å². The van der Waals surface area contributed by atoms with Crippen LogP contribution in [0.4, 0.5) is 5.95 Å². The fourth-order valence-corrected chi connectivity index (χ4v) is 3.34. The van der Waals surface area contributed by atoms with Gasteiger partial charge >= 0.3 is 0 Å². The maximum Gasteiger partial charge on any atom is 0.255 e. The highest BCUT2D eigenvalue weighted by atomic mass is 16.5. The molecule has 1 aliphatic carbocycles. The molecule has 0 aliphatic heterocycles. The van der Waals surface area contributed by atoms with Crippen LogP contribution >= 0.6 is 0 Å². The molecule has 0 atom stereocenters. The van der Waals surface area contributed by atoms with Gasteiger partial charge in [-0.1, -0.05) is 25.0 Å². The van der Waals surface area contributed by atoms with E-state index in [-0.39, 0.29) is 11.4 Å². The van der Waals surface area contributed by atoms with E-state index in [0.29, 0.717) is 11.5 Å². The summed E-state index contributed by atoms with van der Waals surface area (Å²) in [5, 5.41) is 3.24. The van der Waals surface area contributed by atoms with E-state index in [1.165, 1.54) is 0 Å². The van der Waals surface area contributed by atoms with E-state index < -0.39 is 0 Å². The number of rotatable bonds is 5. The van der Waals surface area contributed by atoms with E-state index in [4.69, 9.17) is 4.74 Å². The highest BCUT2D eigenvalue weighted by Gasteiger charge is 2.37. The van der Waals surface area contributed by atoms with Gasteiger partial charge in [0.2, 0.25) is 5.95 Å². The molecule has 1 aromatic carbocycles. The predicted molar refractivity (Wildman–Crippen MR) is 97.0 cm³/mol. The molecule has 3 rings (SSSR count). The van der Waals surface area contributed by atoms with E-state index in [9.17, 15) is 4.79 Å². The zero-order valence-electron chi connectivity index (χ0n) is 15.0. The second-order valence-electron chi connectivity index (χ2n) is 6.64. The number of anilines is 1. The van der Waals surface area contributed by atoms with Crippen LogP contribution in [0.15, 0.2) is 36.7 Å². The van der Waals surface area contributed by atoms with E-state index >= 15 is 0 Å². The number of hydrogen-bond acceptors (Lipinski definition) is 5. The molecule has 1 fully saturated rings. The molecule has 0 bridgehead atoms. The van der Waals surface area contributed by atoms with Crippen LogP contribution in [0.3, 0.4) is 0 Å². The Morgan fingerprint density at radius 1 is 1.20 bits per heavy atom. The molecular weight excluding hydrogens is 316 g/mol. The zero-order chi connectivity index (χ0) is 17.9. The first kappa shape index (κ1) is 17.2. The minimum Gasteiger partial charge on any atom is -0.497 e. The van der Waals surface area contributed by atoms with E-state index in [1.807, 2.05) is 32.3 Å². The molecule has 2 aromatic rings. The number of carbonyl (C=O) groups is 1. The molecule has 6 nitrogen and oxygen atoms in total. The maximum absolute atomic E-state index is 12.8. The fraction of sp³-hybridized carbons (Fsp3) is 0.421. The summed E-state index contributed by atoms with van der Waals surface area (Å²) < 4.78 is 5.35. The van der Waals surface area contributed by atoms with Gasteiger partial charge in [-0.15, -0.1) is 0 Å². The van der Waals surface area contributed by atoms with Crippen molar-refractivity contribution in [2.24, 2.45) is 0 Å². The van der Waals surface area contributed by atoms with Gasteiger partial charge in [0.15, 0.2) is 0 Å². The van der Waals surface area contributed by atoms with Crippen LogP contribution in [-0.2, 0) is 5.54 Å². The van der Waals surface area contributed by atoms with Gasteiger partial charge in [-0.3, -0.25) is 4.79 Å². The number of benzene rings is 1. The quantitative estimate of drug-likeness (QED) is 0.906. The third-order valence-electron chi connectivity index (χ3n) is 4.73. The molecule has 6 heteroatoms. The lowest BCUT2D eigenvalue weighted by Crippen LogP contribution is -2.43. The number of methoxy groups -OCH3 is 1. The second-order valence-corrected chi connectivity index (χ2v) is 6.64. The molecule has 1 amide bonds. The van der Waals surface area contributed by atoms with Crippen LogP contribution in [0.25, 0.3) is 0 Å². The molecule has 0 saturated heterocycles. The summed E-state index contributed by atoms with van der Waals surface area (Å²) in [6.45, 7) is 0. The molecule has 1 heterocycles. The zero-order valence-corrected chi connectivity index (χ0v) is 15.0. The van der Waals surface area contributed by atoms with Gasteiger partial charge in [0.05, 0.1) is 18.2 Å². The molecule has 1 N–H and O–H groups in total. The Kier molecular flexibility index (Phi) is 4.88. The first-order valence-electron chi connectivity index (χ1n) is 8.50. The van der Waals surface area contributed by atoms with Crippen LogP contribution in [0.1, 0.15) is 41.6 Å². The Labute approximate surface area is 148 Å². The summed E-state index contributed by atoms with van der Waals surface area (Å²) in [6.07, 6.45) is 7.17. The number of amides is 1. The third kappa shape index (κ3) is 3.57. The molecule has 1 saturated carbocycles. The minimum absolute atomic E-state index is 0.143. The van der Waals surface area contributed by atoms with Crippen molar-refractivity contribution in [2.75, 3.05) is 26.1 Å². The smallest absolute Gasteiger partial charge is 0.255 e. The Morgan fingerprint density at radius 2 is 1.88 bits per heavy atom. The Hall–Kier alpha value is -2.63. The highest BCUT2D eigenvalue weighted by Crippen LogP contribution is 2.40. The number of hydrogen-bond donors (Lipinski definition) is 1. The Bertz CT molecular complexity index is 737. The summed E-state index contributed by atoms with van der Waals surface area (Å²) >= 11 is 0. The second kappa shape index (κ2) is 7.09. The van der Waals surface area contributed by atoms with E-state index in [0.717, 1.165) is 37.0 Å². The van der Waals surface area contributed by atoms with Gasteiger partial charge in [-0.2, -0.15) is 0 Å². The normalized spacial score (nSPS) is 15.6. The van der Waals surface area contributed by atoms with Crippen LogP contribution in [-0.4, -0.2) is 37.1 Å². The Balaban J connectivity index is 1.85. The highest BCUT2D eigenvalue weighted by molar-refractivity contribution is 5.94. The lowest BCUT2D eigenvalue weighted by molar-refractivity contribution is 0.0897. The van der Waals surface area contributed by atoms with Gasteiger partial charge in [0.25, 0.3) is 5.91 Å². The van der Waals surface area contributed by atoms with Crippen LogP contribution in [0.2, 0.25) is 0 Å². The third-order valence-corrected chi connectivity index (χ3v) is 4.73. The molecule has 132 valence electrons. The van der Waals surface area contributed by atoms with Crippen LogP contribution in [0, 0.1) is 0 Å². The molecular formula is C19H24N4O2. The van der Waals surface area contributed by atoms with Crippen molar-refractivity contribution in [2.45, 2.75) is 31.2 Å². The van der Waals surface area contributed by atoms with Crippen molar-refractivity contribution >= 4 is 11.9 Å². The van der Waals surface area contributed by atoms with Crippen molar-refractivity contribution in [3.8, 4) is 5.75 Å².